The fraction of sp³-hybridized carbons (Fsp3) is 0.143. The summed E-state index contributed by atoms with van der Waals surface area (Å²) in [6, 6.07) is 0. The minimum Gasteiger partial charge on any atom is -0.465 e. The molecule has 0 bridgehead atoms. The molecule has 8 heteroatoms. The third-order valence-corrected chi connectivity index (χ3v) is 2.49. The quantitative estimate of drug-likeness (QED) is 0.683. The number of rotatable bonds is 1. The van der Waals surface area contributed by atoms with Crippen molar-refractivity contribution < 1.29 is 13.9 Å². The number of aromatic nitrogens is 2. The maximum Gasteiger partial charge on any atom is 0.367 e. The Labute approximate surface area is 86.6 Å². The monoisotopic (exact) mass is 227 g/mol. The highest BCUT2D eigenvalue weighted by Gasteiger charge is 2.21. The van der Waals surface area contributed by atoms with Gasteiger partial charge in [-0.1, -0.05) is 4.49 Å². The predicted molar refractivity (Wildman–Crippen MR) is 51.7 cm³/mol. The summed E-state index contributed by atoms with van der Waals surface area (Å²) >= 11 is 0.884. The first-order valence-electron chi connectivity index (χ1n) is 3.78. The lowest BCUT2D eigenvalue weighted by Crippen LogP contribution is -2.11. The van der Waals surface area contributed by atoms with Gasteiger partial charge in [0.15, 0.2) is 5.52 Å². The molecule has 0 fully saturated rings. The molecule has 15 heavy (non-hydrogen) atoms. The van der Waals surface area contributed by atoms with Crippen molar-refractivity contribution >= 4 is 33.6 Å². The van der Waals surface area contributed by atoms with E-state index in [0.717, 1.165) is 11.5 Å². The number of ether oxygens (including phenoxy) is 1. The molecule has 0 amide bonds. The summed E-state index contributed by atoms with van der Waals surface area (Å²) in [5.41, 5.74) is 4.66. The number of nitrogens with zero attached hydrogens (tertiary/aromatic N) is 2. The number of hydrogen-bond donors (Lipinski definition) is 1. The Hall–Kier alpha value is -1.96. The summed E-state index contributed by atoms with van der Waals surface area (Å²) < 4.78 is 13.0. The van der Waals surface area contributed by atoms with Crippen LogP contribution in [0.5, 0.6) is 0 Å². The molecule has 0 aliphatic heterocycles. The van der Waals surface area contributed by atoms with E-state index in [-0.39, 0.29) is 21.7 Å². The highest BCUT2D eigenvalue weighted by Crippen LogP contribution is 2.23. The number of hydrogen-bond acceptors (Lipinski definition) is 8. The highest BCUT2D eigenvalue weighted by molar-refractivity contribution is 7.13. The molecule has 7 nitrogen and oxygen atoms in total. The van der Waals surface area contributed by atoms with Crippen LogP contribution in [0.15, 0.2) is 9.21 Å². The first-order chi connectivity index (χ1) is 7.15. The molecular weight excluding hydrogens is 222 g/mol. The van der Waals surface area contributed by atoms with Crippen LogP contribution in [0.2, 0.25) is 0 Å². The van der Waals surface area contributed by atoms with Gasteiger partial charge in [-0.3, -0.25) is 0 Å². The van der Waals surface area contributed by atoms with Gasteiger partial charge in [-0.2, -0.15) is 0 Å². The SMILES string of the molecule is COC(=O)c1c(N)oc(=O)c2nnsc12. The van der Waals surface area contributed by atoms with Gasteiger partial charge in [0.25, 0.3) is 0 Å². The molecule has 2 aromatic heterocycles. The van der Waals surface area contributed by atoms with E-state index in [1.54, 1.807) is 0 Å². The topological polar surface area (TPSA) is 108 Å². The molecule has 0 saturated heterocycles. The zero-order valence-corrected chi connectivity index (χ0v) is 8.33. The summed E-state index contributed by atoms with van der Waals surface area (Å²) in [5, 5.41) is 3.54. The molecular formula is C7H5N3O4S. The van der Waals surface area contributed by atoms with Crippen LogP contribution in [-0.4, -0.2) is 22.7 Å². The Morgan fingerprint density at radius 1 is 1.60 bits per heavy atom. The van der Waals surface area contributed by atoms with Crippen LogP contribution in [0, 0.1) is 0 Å². The van der Waals surface area contributed by atoms with Crippen LogP contribution in [0.1, 0.15) is 10.4 Å². The summed E-state index contributed by atoms with van der Waals surface area (Å²) in [6.45, 7) is 0. The van der Waals surface area contributed by atoms with Crippen molar-refractivity contribution in [1.82, 2.24) is 9.59 Å². The fourth-order valence-corrected chi connectivity index (χ4v) is 1.78. The minimum atomic E-state index is -0.719. The second-order valence-corrected chi connectivity index (χ2v) is 3.33. The van der Waals surface area contributed by atoms with Crippen molar-refractivity contribution in [3.8, 4) is 0 Å². The molecule has 0 aromatic carbocycles. The molecule has 2 rings (SSSR count). The van der Waals surface area contributed by atoms with Crippen molar-refractivity contribution in [3.05, 3.63) is 16.0 Å². The number of anilines is 1. The van der Waals surface area contributed by atoms with Gasteiger partial charge in [0.1, 0.15) is 10.3 Å². The lowest BCUT2D eigenvalue weighted by atomic mass is 10.2. The van der Waals surface area contributed by atoms with Crippen molar-refractivity contribution in [3.63, 3.8) is 0 Å². The van der Waals surface area contributed by atoms with E-state index in [1.165, 1.54) is 7.11 Å². The average Bonchev–Trinajstić information content (AvgIpc) is 2.66. The Morgan fingerprint density at radius 3 is 3.00 bits per heavy atom. The molecule has 0 aliphatic carbocycles. The summed E-state index contributed by atoms with van der Waals surface area (Å²) in [5.74, 6) is -0.974. The molecule has 0 saturated carbocycles. The third-order valence-electron chi connectivity index (χ3n) is 1.75. The molecule has 78 valence electrons. The van der Waals surface area contributed by atoms with E-state index in [2.05, 4.69) is 18.7 Å². The van der Waals surface area contributed by atoms with Gasteiger partial charge in [-0.15, -0.1) is 5.10 Å². The van der Waals surface area contributed by atoms with E-state index in [1.807, 2.05) is 0 Å². The Bertz CT molecular complexity index is 587. The first kappa shape index (κ1) is 9.59. The van der Waals surface area contributed by atoms with Crippen LogP contribution in [0.25, 0.3) is 10.2 Å². The van der Waals surface area contributed by atoms with Gasteiger partial charge >= 0.3 is 11.6 Å². The largest absolute Gasteiger partial charge is 0.465 e. The molecule has 2 heterocycles. The van der Waals surface area contributed by atoms with Gasteiger partial charge in [-0.05, 0) is 11.5 Å². The maximum atomic E-state index is 11.3. The second-order valence-electron chi connectivity index (χ2n) is 2.57. The third kappa shape index (κ3) is 1.34. The summed E-state index contributed by atoms with van der Waals surface area (Å²) in [4.78, 5) is 22.6. The van der Waals surface area contributed by atoms with Gasteiger partial charge in [0, 0.05) is 0 Å². The number of carbonyl (C=O) groups excluding carboxylic acids is 1. The number of nitrogens with two attached hydrogens (primary N) is 1. The molecule has 2 N–H and O–H groups in total. The van der Waals surface area contributed by atoms with Crippen molar-refractivity contribution in [1.29, 1.82) is 0 Å². The maximum absolute atomic E-state index is 11.3. The smallest absolute Gasteiger partial charge is 0.367 e. The predicted octanol–water partition coefficient (Wildman–Crippen LogP) is 0.0133. The Morgan fingerprint density at radius 2 is 2.33 bits per heavy atom. The first-order valence-corrected chi connectivity index (χ1v) is 4.55. The summed E-state index contributed by atoms with van der Waals surface area (Å²) in [7, 11) is 1.20. The van der Waals surface area contributed by atoms with Gasteiger partial charge in [0.2, 0.25) is 5.88 Å². The number of methoxy groups -OCH3 is 1. The second kappa shape index (κ2) is 3.31. The van der Waals surface area contributed by atoms with E-state index >= 15 is 0 Å². The zero-order valence-electron chi connectivity index (χ0n) is 7.51. The Kier molecular flexibility index (Phi) is 2.12. The zero-order chi connectivity index (χ0) is 11.0. The van der Waals surface area contributed by atoms with Gasteiger partial charge < -0.3 is 14.9 Å². The van der Waals surface area contributed by atoms with Gasteiger partial charge in [0.05, 0.1) is 7.11 Å². The van der Waals surface area contributed by atoms with Crippen LogP contribution in [-0.2, 0) is 4.74 Å². The van der Waals surface area contributed by atoms with E-state index < -0.39 is 11.6 Å². The molecule has 2 aromatic rings. The van der Waals surface area contributed by atoms with Crippen molar-refractivity contribution in [2.45, 2.75) is 0 Å². The molecule has 0 spiro atoms. The molecule has 0 radical (unpaired) electrons. The van der Waals surface area contributed by atoms with Crippen molar-refractivity contribution in [2.75, 3.05) is 12.8 Å². The van der Waals surface area contributed by atoms with E-state index in [4.69, 9.17) is 5.73 Å². The van der Waals surface area contributed by atoms with Gasteiger partial charge in [-0.25, -0.2) is 9.59 Å². The number of nitrogen functional groups attached to an aromatic ring is 1. The fourth-order valence-electron chi connectivity index (χ4n) is 1.09. The van der Waals surface area contributed by atoms with E-state index in [0.29, 0.717) is 0 Å². The van der Waals surface area contributed by atoms with Crippen molar-refractivity contribution in [2.24, 2.45) is 0 Å². The highest BCUT2D eigenvalue weighted by atomic mass is 32.1. The van der Waals surface area contributed by atoms with Crippen LogP contribution < -0.4 is 11.4 Å². The van der Waals surface area contributed by atoms with Crippen LogP contribution in [0.4, 0.5) is 5.88 Å². The standard InChI is InChI=1S/C7H5N3O4S/c1-13-6(11)2-4-3(9-10-15-4)7(12)14-5(2)8/h8H2,1H3. The lowest BCUT2D eigenvalue weighted by Gasteiger charge is -2.01. The molecule has 0 atom stereocenters. The Balaban J connectivity index is 2.88. The lowest BCUT2D eigenvalue weighted by molar-refractivity contribution is 0.0602. The molecule has 0 aliphatic rings. The minimum absolute atomic E-state index is 0.0119. The number of esters is 1. The number of carbonyl (C=O) groups is 1. The molecule has 0 unspecified atom stereocenters. The average molecular weight is 227 g/mol. The van der Waals surface area contributed by atoms with Crippen LogP contribution in [0.3, 0.4) is 0 Å². The van der Waals surface area contributed by atoms with E-state index in [9.17, 15) is 9.59 Å². The summed E-state index contributed by atoms with van der Waals surface area (Å²) in [6.07, 6.45) is 0. The number of fused-ring (bicyclic) bond motifs is 1. The van der Waals surface area contributed by atoms with Crippen LogP contribution >= 0.6 is 11.5 Å². The normalized spacial score (nSPS) is 10.5.